The number of amides is 3. The molecule has 0 bridgehead atoms. The van der Waals surface area contributed by atoms with Gasteiger partial charge in [0.15, 0.2) is 5.82 Å². The molecule has 0 atom stereocenters. The Morgan fingerprint density at radius 2 is 2.36 bits per heavy atom. The molecule has 6 nitrogen and oxygen atoms in total. The standard InChI is InChI=1S/C8H10N4O2/c1-2-11-4-3-6(10-11)12-5-7(13)9-8(12)14/h3-4H,2,5H2,1H3,(H,9,13,14). The van der Waals surface area contributed by atoms with E-state index in [1.165, 1.54) is 4.90 Å². The second-order valence-electron chi connectivity index (χ2n) is 2.97. The van der Waals surface area contributed by atoms with E-state index < -0.39 is 6.03 Å². The van der Waals surface area contributed by atoms with Crippen LogP contribution in [0.2, 0.25) is 0 Å². The summed E-state index contributed by atoms with van der Waals surface area (Å²) in [6.45, 7) is 2.74. The van der Waals surface area contributed by atoms with Crippen LogP contribution in [0.4, 0.5) is 10.6 Å². The lowest BCUT2D eigenvalue weighted by atomic mass is 10.5. The first-order valence-corrected chi connectivity index (χ1v) is 4.35. The summed E-state index contributed by atoms with van der Waals surface area (Å²) < 4.78 is 1.70. The third kappa shape index (κ3) is 1.34. The highest BCUT2D eigenvalue weighted by molar-refractivity contribution is 6.11. The van der Waals surface area contributed by atoms with E-state index in [0.29, 0.717) is 5.82 Å². The molecule has 2 rings (SSSR count). The van der Waals surface area contributed by atoms with Crippen molar-refractivity contribution in [3.63, 3.8) is 0 Å². The average Bonchev–Trinajstić information content (AvgIpc) is 2.71. The molecular formula is C8H10N4O2. The van der Waals surface area contributed by atoms with Crippen molar-refractivity contribution in [1.29, 1.82) is 0 Å². The quantitative estimate of drug-likeness (QED) is 0.672. The summed E-state index contributed by atoms with van der Waals surface area (Å²) in [6, 6.07) is 1.30. The van der Waals surface area contributed by atoms with Gasteiger partial charge in [0, 0.05) is 18.8 Å². The van der Waals surface area contributed by atoms with Gasteiger partial charge in [0.2, 0.25) is 5.91 Å². The summed E-state index contributed by atoms with van der Waals surface area (Å²) in [7, 11) is 0. The summed E-state index contributed by atoms with van der Waals surface area (Å²) in [5.41, 5.74) is 0. The van der Waals surface area contributed by atoms with E-state index in [4.69, 9.17) is 0 Å². The van der Waals surface area contributed by atoms with Crippen molar-refractivity contribution in [2.45, 2.75) is 13.5 Å². The topological polar surface area (TPSA) is 67.2 Å². The Morgan fingerprint density at radius 3 is 2.86 bits per heavy atom. The summed E-state index contributed by atoms with van der Waals surface area (Å²) in [5, 5.41) is 6.32. The molecular weight excluding hydrogens is 184 g/mol. The summed E-state index contributed by atoms with van der Waals surface area (Å²) in [5.74, 6) is 0.219. The Kier molecular flexibility index (Phi) is 1.95. The van der Waals surface area contributed by atoms with Crippen molar-refractivity contribution < 1.29 is 9.59 Å². The van der Waals surface area contributed by atoms with Gasteiger partial charge in [-0.3, -0.25) is 19.7 Å². The van der Waals surface area contributed by atoms with Crippen molar-refractivity contribution in [1.82, 2.24) is 15.1 Å². The average molecular weight is 194 g/mol. The fourth-order valence-corrected chi connectivity index (χ4v) is 1.30. The first-order chi connectivity index (χ1) is 6.70. The van der Waals surface area contributed by atoms with E-state index >= 15 is 0 Å². The van der Waals surface area contributed by atoms with E-state index in [1.54, 1.807) is 16.9 Å². The number of anilines is 1. The summed E-state index contributed by atoms with van der Waals surface area (Å²) in [4.78, 5) is 23.4. The second kappa shape index (κ2) is 3.13. The van der Waals surface area contributed by atoms with E-state index in [0.717, 1.165) is 6.54 Å². The number of aromatic nitrogens is 2. The van der Waals surface area contributed by atoms with Gasteiger partial charge in [-0.15, -0.1) is 0 Å². The van der Waals surface area contributed by atoms with E-state index in [9.17, 15) is 9.59 Å². The Balaban J connectivity index is 2.22. The number of carbonyl (C=O) groups excluding carboxylic acids is 2. The monoisotopic (exact) mass is 194 g/mol. The van der Waals surface area contributed by atoms with Gasteiger partial charge < -0.3 is 0 Å². The predicted molar refractivity (Wildman–Crippen MR) is 48.8 cm³/mol. The first kappa shape index (κ1) is 8.74. The molecule has 74 valence electrons. The Hall–Kier alpha value is -1.85. The van der Waals surface area contributed by atoms with Crippen LogP contribution in [0.5, 0.6) is 0 Å². The van der Waals surface area contributed by atoms with Crippen LogP contribution >= 0.6 is 0 Å². The third-order valence-electron chi connectivity index (χ3n) is 2.02. The minimum absolute atomic E-state index is 0.0551. The van der Waals surface area contributed by atoms with Gasteiger partial charge in [-0.1, -0.05) is 0 Å². The van der Waals surface area contributed by atoms with E-state index in [1.807, 2.05) is 6.92 Å². The first-order valence-electron chi connectivity index (χ1n) is 4.35. The maximum absolute atomic E-state index is 11.2. The normalized spacial score (nSPS) is 16.2. The van der Waals surface area contributed by atoms with Gasteiger partial charge in [-0.05, 0) is 6.92 Å². The number of carbonyl (C=O) groups is 2. The van der Waals surface area contributed by atoms with Crippen LogP contribution in [0, 0.1) is 0 Å². The molecule has 2 heterocycles. The van der Waals surface area contributed by atoms with Gasteiger partial charge >= 0.3 is 6.03 Å². The third-order valence-corrected chi connectivity index (χ3v) is 2.02. The zero-order chi connectivity index (χ0) is 10.1. The van der Waals surface area contributed by atoms with Gasteiger partial charge in [0.05, 0.1) is 0 Å². The number of hydrogen-bond donors (Lipinski definition) is 1. The molecule has 0 unspecified atom stereocenters. The minimum atomic E-state index is -0.406. The highest BCUT2D eigenvalue weighted by Crippen LogP contribution is 2.12. The zero-order valence-corrected chi connectivity index (χ0v) is 7.73. The molecule has 0 saturated carbocycles. The van der Waals surface area contributed by atoms with Gasteiger partial charge in [-0.2, -0.15) is 5.10 Å². The lowest BCUT2D eigenvalue weighted by Gasteiger charge is -2.07. The van der Waals surface area contributed by atoms with Crippen molar-refractivity contribution in [3.05, 3.63) is 12.3 Å². The van der Waals surface area contributed by atoms with Crippen LogP contribution < -0.4 is 10.2 Å². The molecule has 1 N–H and O–H groups in total. The molecule has 1 aromatic heterocycles. The molecule has 0 aliphatic carbocycles. The minimum Gasteiger partial charge on any atom is -0.276 e. The molecule has 1 aliphatic heterocycles. The SMILES string of the molecule is CCn1ccc(N2CC(=O)NC2=O)n1. The smallest absolute Gasteiger partial charge is 0.276 e. The van der Waals surface area contributed by atoms with Crippen LogP contribution in [-0.4, -0.2) is 28.3 Å². The Bertz CT molecular complexity index is 384. The summed E-state index contributed by atoms with van der Waals surface area (Å²) >= 11 is 0. The number of nitrogens with zero attached hydrogens (tertiary/aromatic N) is 3. The molecule has 0 radical (unpaired) electrons. The molecule has 3 amide bonds. The van der Waals surface area contributed by atoms with Crippen LogP contribution in [0.15, 0.2) is 12.3 Å². The largest absolute Gasteiger partial charge is 0.330 e. The maximum atomic E-state index is 11.2. The fourth-order valence-electron chi connectivity index (χ4n) is 1.30. The number of nitrogens with one attached hydrogen (secondary N) is 1. The second-order valence-corrected chi connectivity index (χ2v) is 2.97. The number of imide groups is 1. The van der Waals surface area contributed by atoms with Gasteiger partial charge in [0.25, 0.3) is 0 Å². The van der Waals surface area contributed by atoms with Crippen molar-refractivity contribution in [3.8, 4) is 0 Å². The van der Waals surface area contributed by atoms with Crippen LogP contribution in [0.3, 0.4) is 0 Å². The van der Waals surface area contributed by atoms with Crippen LogP contribution in [-0.2, 0) is 11.3 Å². The highest BCUT2D eigenvalue weighted by atomic mass is 16.2. The van der Waals surface area contributed by atoms with Gasteiger partial charge in [0.1, 0.15) is 6.54 Å². The molecule has 0 aromatic carbocycles. The molecule has 14 heavy (non-hydrogen) atoms. The Labute approximate surface area is 80.5 Å². The van der Waals surface area contributed by atoms with Crippen molar-refractivity contribution in [2.75, 3.05) is 11.4 Å². The number of rotatable bonds is 2. The fraction of sp³-hybridized carbons (Fsp3) is 0.375. The molecule has 6 heteroatoms. The highest BCUT2D eigenvalue weighted by Gasteiger charge is 2.29. The number of hydrogen-bond acceptors (Lipinski definition) is 3. The molecule has 1 saturated heterocycles. The zero-order valence-electron chi connectivity index (χ0n) is 7.73. The maximum Gasteiger partial charge on any atom is 0.330 e. The Morgan fingerprint density at radius 1 is 1.57 bits per heavy atom. The number of aryl methyl sites for hydroxylation is 1. The van der Waals surface area contributed by atoms with Crippen LogP contribution in [0.1, 0.15) is 6.92 Å². The molecule has 1 aromatic rings. The molecule has 0 spiro atoms. The van der Waals surface area contributed by atoms with Crippen molar-refractivity contribution in [2.24, 2.45) is 0 Å². The van der Waals surface area contributed by atoms with E-state index in [-0.39, 0.29) is 12.5 Å². The van der Waals surface area contributed by atoms with Crippen molar-refractivity contribution >= 4 is 17.8 Å². The lowest BCUT2D eigenvalue weighted by molar-refractivity contribution is -0.117. The van der Waals surface area contributed by atoms with Gasteiger partial charge in [-0.25, -0.2) is 4.79 Å². The van der Waals surface area contributed by atoms with Crippen LogP contribution in [0.25, 0.3) is 0 Å². The number of urea groups is 1. The van der Waals surface area contributed by atoms with E-state index in [2.05, 4.69) is 10.4 Å². The molecule has 1 fully saturated rings. The molecule has 1 aliphatic rings. The summed E-state index contributed by atoms with van der Waals surface area (Å²) in [6.07, 6.45) is 1.77. The lowest BCUT2D eigenvalue weighted by Crippen LogP contribution is -2.28. The predicted octanol–water partition coefficient (Wildman–Crippen LogP) is -0.0408.